The molecule has 0 N–H and O–H groups in total. The van der Waals surface area contributed by atoms with E-state index in [1.54, 1.807) is 12.1 Å². The highest BCUT2D eigenvalue weighted by molar-refractivity contribution is 5.79. The van der Waals surface area contributed by atoms with Crippen LogP contribution >= 0.6 is 0 Å². The van der Waals surface area contributed by atoms with E-state index in [9.17, 15) is 10.1 Å². The van der Waals surface area contributed by atoms with Crippen LogP contribution in [0.5, 0.6) is 11.5 Å². The fourth-order valence-corrected chi connectivity index (χ4v) is 3.66. The first-order valence-electron chi connectivity index (χ1n) is 8.92. The van der Waals surface area contributed by atoms with Crippen LogP contribution in [-0.2, 0) is 13.5 Å². The van der Waals surface area contributed by atoms with Crippen molar-refractivity contribution in [2.24, 2.45) is 7.05 Å². The first kappa shape index (κ1) is 17.1. The molecule has 4 rings (SSSR count). The van der Waals surface area contributed by atoms with Gasteiger partial charge in [-0.25, -0.2) is 0 Å². The number of fused-ring (bicyclic) bond motifs is 1. The number of nitro groups is 1. The SMILES string of the molecule is Cc1c2c(c(-c3cc([N+](=O)[O-])ccc3Oc3ccccc3)n1C)CCC=C2. The van der Waals surface area contributed by atoms with E-state index in [4.69, 9.17) is 4.74 Å². The average molecular weight is 360 g/mol. The highest BCUT2D eigenvalue weighted by Gasteiger charge is 2.24. The fraction of sp³-hybridized carbons (Fsp3) is 0.182. The Hall–Kier alpha value is -3.34. The molecule has 1 heterocycles. The predicted molar refractivity (Wildman–Crippen MR) is 106 cm³/mol. The van der Waals surface area contributed by atoms with Gasteiger partial charge in [0.2, 0.25) is 0 Å². The number of hydrogen-bond donors (Lipinski definition) is 0. The highest BCUT2D eigenvalue weighted by atomic mass is 16.6. The number of rotatable bonds is 4. The molecule has 5 nitrogen and oxygen atoms in total. The van der Waals surface area contributed by atoms with Gasteiger partial charge < -0.3 is 9.30 Å². The zero-order chi connectivity index (χ0) is 19.0. The molecule has 0 saturated heterocycles. The average Bonchev–Trinajstić information content (AvgIpc) is 2.94. The third kappa shape index (κ3) is 3.01. The third-order valence-electron chi connectivity index (χ3n) is 5.08. The van der Waals surface area contributed by atoms with Crippen molar-refractivity contribution in [2.45, 2.75) is 19.8 Å². The van der Waals surface area contributed by atoms with Gasteiger partial charge in [-0.2, -0.15) is 0 Å². The van der Waals surface area contributed by atoms with E-state index in [0.717, 1.165) is 29.8 Å². The van der Waals surface area contributed by atoms with Crippen molar-refractivity contribution < 1.29 is 9.66 Å². The Morgan fingerprint density at radius 1 is 1.15 bits per heavy atom. The molecule has 0 radical (unpaired) electrons. The quantitative estimate of drug-likeness (QED) is 0.445. The van der Waals surface area contributed by atoms with E-state index >= 15 is 0 Å². The molecule has 0 bridgehead atoms. The molecule has 5 heteroatoms. The maximum Gasteiger partial charge on any atom is 0.270 e. The minimum absolute atomic E-state index is 0.0596. The third-order valence-corrected chi connectivity index (χ3v) is 5.08. The molecule has 136 valence electrons. The summed E-state index contributed by atoms with van der Waals surface area (Å²) in [6.45, 7) is 2.08. The van der Waals surface area contributed by atoms with Crippen molar-refractivity contribution in [3.8, 4) is 22.8 Å². The van der Waals surface area contributed by atoms with Crippen molar-refractivity contribution >= 4 is 11.8 Å². The summed E-state index contributed by atoms with van der Waals surface area (Å²) < 4.78 is 8.21. The van der Waals surface area contributed by atoms with Crippen LogP contribution in [0.3, 0.4) is 0 Å². The maximum atomic E-state index is 11.4. The molecule has 0 amide bonds. The molecule has 2 aromatic carbocycles. The van der Waals surface area contributed by atoms with Gasteiger partial charge in [-0.3, -0.25) is 10.1 Å². The molecule has 0 unspecified atom stereocenters. The number of nitro benzene ring substituents is 1. The molecule has 0 spiro atoms. The molecule has 1 aliphatic rings. The molecule has 1 aromatic heterocycles. The topological polar surface area (TPSA) is 57.3 Å². The van der Waals surface area contributed by atoms with Gasteiger partial charge in [-0.15, -0.1) is 0 Å². The van der Waals surface area contributed by atoms with Crippen LogP contribution in [0.15, 0.2) is 54.6 Å². The minimum Gasteiger partial charge on any atom is -0.457 e. The zero-order valence-corrected chi connectivity index (χ0v) is 15.3. The lowest BCUT2D eigenvalue weighted by Gasteiger charge is -2.15. The van der Waals surface area contributed by atoms with E-state index < -0.39 is 0 Å². The second kappa shape index (κ2) is 6.76. The second-order valence-corrected chi connectivity index (χ2v) is 6.68. The molecule has 0 fully saturated rings. The number of aromatic nitrogens is 1. The lowest BCUT2D eigenvalue weighted by atomic mass is 9.95. The Labute approximate surface area is 157 Å². The predicted octanol–water partition coefficient (Wildman–Crippen LogP) is 5.66. The molecule has 1 aliphatic carbocycles. The van der Waals surface area contributed by atoms with Gasteiger partial charge in [0.05, 0.1) is 10.6 Å². The van der Waals surface area contributed by atoms with Gasteiger partial charge in [0.25, 0.3) is 5.69 Å². The Morgan fingerprint density at radius 2 is 1.93 bits per heavy atom. The van der Waals surface area contributed by atoms with Crippen molar-refractivity contribution in [2.75, 3.05) is 0 Å². The number of para-hydroxylation sites is 1. The van der Waals surface area contributed by atoms with Crippen molar-refractivity contribution in [1.82, 2.24) is 4.57 Å². The van der Waals surface area contributed by atoms with Gasteiger partial charge in [0, 0.05) is 30.4 Å². The van der Waals surface area contributed by atoms with Crippen LogP contribution in [0.1, 0.15) is 23.2 Å². The van der Waals surface area contributed by atoms with Crippen LogP contribution in [0.4, 0.5) is 5.69 Å². The van der Waals surface area contributed by atoms with Crippen LogP contribution < -0.4 is 4.74 Å². The Morgan fingerprint density at radius 3 is 2.67 bits per heavy atom. The smallest absolute Gasteiger partial charge is 0.270 e. The molecular weight excluding hydrogens is 340 g/mol. The second-order valence-electron chi connectivity index (χ2n) is 6.68. The molecule has 0 saturated carbocycles. The number of allylic oxidation sites excluding steroid dienone is 1. The minimum atomic E-state index is -0.363. The number of non-ortho nitro benzene ring substituents is 1. The monoisotopic (exact) mass is 360 g/mol. The number of benzene rings is 2. The Balaban J connectivity index is 1.92. The summed E-state index contributed by atoms with van der Waals surface area (Å²) in [7, 11) is 2.00. The first-order valence-corrected chi connectivity index (χ1v) is 8.92. The summed E-state index contributed by atoms with van der Waals surface area (Å²) in [5.41, 5.74) is 5.36. The van der Waals surface area contributed by atoms with E-state index in [-0.39, 0.29) is 10.6 Å². The zero-order valence-electron chi connectivity index (χ0n) is 15.3. The maximum absolute atomic E-state index is 11.4. The van der Waals surface area contributed by atoms with Crippen LogP contribution in [0.25, 0.3) is 17.3 Å². The number of ether oxygens (including phenoxy) is 1. The molecule has 0 aliphatic heterocycles. The standard InChI is InChI=1S/C22H20N2O3/c1-15-18-10-6-7-11-19(18)22(23(15)2)20-14-16(24(25)26)12-13-21(20)27-17-8-4-3-5-9-17/h3-6,8-10,12-14H,7,11H2,1-2H3. The highest BCUT2D eigenvalue weighted by Crippen LogP contribution is 2.41. The lowest BCUT2D eigenvalue weighted by molar-refractivity contribution is -0.384. The van der Waals surface area contributed by atoms with Gasteiger partial charge in [-0.1, -0.05) is 30.4 Å². The van der Waals surface area contributed by atoms with Crippen LogP contribution in [0.2, 0.25) is 0 Å². The summed E-state index contributed by atoms with van der Waals surface area (Å²) in [5, 5.41) is 11.4. The summed E-state index contributed by atoms with van der Waals surface area (Å²) in [6.07, 6.45) is 6.20. The van der Waals surface area contributed by atoms with Crippen molar-refractivity contribution in [3.05, 3.63) is 81.5 Å². The van der Waals surface area contributed by atoms with Crippen molar-refractivity contribution in [1.29, 1.82) is 0 Å². The first-order chi connectivity index (χ1) is 13.1. The van der Waals surface area contributed by atoms with Crippen LogP contribution in [-0.4, -0.2) is 9.49 Å². The Kier molecular flexibility index (Phi) is 4.28. The summed E-state index contributed by atoms with van der Waals surface area (Å²) in [4.78, 5) is 11.0. The molecule has 3 aromatic rings. The van der Waals surface area contributed by atoms with E-state index in [1.807, 2.05) is 37.4 Å². The molecule has 27 heavy (non-hydrogen) atoms. The van der Waals surface area contributed by atoms with E-state index in [2.05, 4.69) is 23.6 Å². The summed E-state index contributed by atoms with van der Waals surface area (Å²) in [6, 6.07) is 14.3. The largest absolute Gasteiger partial charge is 0.457 e. The molecule has 0 atom stereocenters. The van der Waals surface area contributed by atoms with Gasteiger partial charge in [0.1, 0.15) is 11.5 Å². The lowest BCUT2D eigenvalue weighted by Crippen LogP contribution is -2.00. The van der Waals surface area contributed by atoms with E-state index in [0.29, 0.717) is 11.5 Å². The van der Waals surface area contributed by atoms with Gasteiger partial charge >= 0.3 is 0 Å². The normalized spacial score (nSPS) is 12.7. The summed E-state index contributed by atoms with van der Waals surface area (Å²) >= 11 is 0. The van der Waals surface area contributed by atoms with Crippen LogP contribution in [0, 0.1) is 17.0 Å². The fourth-order valence-electron chi connectivity index (χ4n) is 3.66. The summed E-state index contributed by atoms with van der Waals surface area (Å²) in [5.74, 6) is 1.32. The number of hydrogen-bond acceptors (Lipinski definition) is 3. The number of nitrogens with zero attached hydrogens (tertiary/aromatic N) is 2. The van der Waals surface area contributed by atoms with E-state index in [1.165, 1.54) is 17.2 Å². The molecular formula is C22H20N2O3. The Bertz CT molecular complexity index is 1050. The van der Waals surface area contributed by atoms with Gasteiger partial charge in [-0.05, 0) is 49.1 Å². The van der Waals surface area contributed by atoms with Crippen molar-refractivity contribution in [3.63, 3.8) is 0 Å². The van der Waals surface area contributed by atoms with Gasteiger partial charge in [0.15, 0.2) is 0 Å².